The molecule has 35 heavy (non-hydrogen) atoms. The number of ether oxygens (including phenoxy) is 3. The Labute approximate surface area is 206 Å². The number of carbonyl (C=O) groups excluding carboxylic acids is 3. The highest BCUT2D eigenvalue weighted by atomic mass is 32.2. The molecule has 2 atom stereocenters. The van der Waals surface area contributed by atoms with Crippen LogP contribution in [0.25, 0.3) is 0 Å². The first-order valence-electron chi connectivity index (χ1n) is 11.3. The second kappa shape index (κ2) is 14.6. The average molecular weight is 518 g/mol. The molecular weight excluding hydrogens is 482 g/mol. The van der Waals surface area contributed by atoms with Crippen LogP contribution in [0.3, 0.4) is 0 Å². The van der Waals surface area contributed by atoms with Crippen LogP contribution in [0, 0.1) is 5.41 Å². The number of hydrogen-bond acceptors (Lipinski definition) is 10. The van der Waals surface area contributed by atoms with E-state index in [2.05, 4.69) is 5.32 Å². The van der Waals surface area contributed by atoms with E-state index in [9.17, 15) is 27.9 Å². The summed E-state index contributed by atoms with van der Waals surface area (Å²) in [5, 5.41) is 13.0. The van der Waals surface area contributed by atoms with E-state index >= 15 is 0 Å². The van der Waals surface area contributed by atoms with Crippen LogP contribution in [0.1, 0.15) is 58.8 Å². The lowest BCUT2D eigenvalue weighted by Crippen LogP contribution is -2.42. The van der Waals surface area contributed by atoms with Crippen molar-refractivity contribution in [2.24, 2.45) is 5.41 Å². The third-order valence-corrected chi connectivity index (χ3v) is 6.00. The molecule has 0 radical (unpaired) electrons. The maximum Gasteiger partial charge on any atom is 0.511 e. The molecule has 2 N–H and O–H groups in total. The van der Waals surface area contributed by atoms with Crippen molar-refractivity contribution in [2.75, 3.05) is 25.5 Å². The molecular formula is C23H35NO10S. The fourth-order valence-corrected chi connectivity index (χ4v) is 3.67. The Balaban J connectivity index is 2.76. The van der Waals surface area contributed by atoms with Crippen LogP contribution < -0.4 is 5.32 Å². The number of rotatable bonds is 15. The van der Waals surface area contributed by atoms with Crippen molar-refractivity contribution in [3.63, 3.8) is 0 Å². The largest absolute Gasteiger partial charge is 0.511 e. The van der Waals surface area contributed by atoms with E-state index in [1.165, 1.54) is 20.8 Å². The van der Waals surface area contributed by atoms with Crippen molar-refractivity contribution >= 4 is 28.1 Å². The predicted octanol–water partition coefficient (Wildman–Crippen LogP) is 2.44. The average Bonchev–Trinajstić information content (AvgIpc) is 2.80. The van der Waals surface area contributed by atoms with Crippen LogP contribution in [0.5, 0.6) is 0 Å². The van der Waals surface area contributed by atoms with Crippen LogP contribution in [-0.4, -0.2) is 63.2 Å². The molecule has 1 aromatic rings. The molecule has 0 heterocycles. The van der Waals surface area contributed by atoms with Crippen molar-refractivity contribution in [1.29, 1.82) is 0 Å². The van der Waals surface area contributed by atoms with E-state index in [4.69, 9.17) is 18.4 Å². The molecule has 1 unspecified atom stereocenters. The van der Waals surface area contributed by atoms with Gasteiger partial charge in [0, 0.05) is 24.4 Å². The number of hydrogen-bond donors (Lipinski definition) is 2. The molecule has 0 bridgehead atoms. The summed E-state index contributed by atoms with van der Waals surface area (Å²) in [4.78, 5) is 35.5. The van der Waals surface area contributed by atoms with Crippen molar-refractivity contribution < 1.29 is 46.3 Å². The smallest absolute Gasteiger partial charge is 0.434 e. The SMILES string of the molecule is CCCCOC(=O)OC(OC(=O)[C@H](O)C(C)(C)COS(=O)(=O)CCCNC(C)=O)c1ccccc1. The Hall–Kier alpha value is -2.70. The summed E-state index contributed by atoms with van der Waals surface area (Å²) >= 11 is 0. The predicted molar refractivity (Wildman–Crippen MR) is 125 cm³/mol. The molecule has 0 saturated heterocycles. The highest BCUT2D eigenvalue weighted by molar-refractivity contribution is 7.86. The lowest BCUT2D eigenvalue weighted by atomic mass is 9.87. The van der Waals surface area contributed by atoms with Crippen molar-refractivity contribution in [3.8, 4) is 0 Å². The normalized spacial score (nSPS) is 13.4. The molecule has 0 spiro atoms. The summed E-state index contributed by atoms with van der Waals surface area (Å²) in [5.41, 5.74) is -1.04. The van der Waals surface area contributed by atoms with Gasteiger partial charge in [0.25, 0.3) is 16.4 Å². The van der Waals surface area contributed by atoms with Gasteiger partial charge in [-0.3, -0.25) is 8.98 Å². The molecule has 1 amide bonds. The van der Waals surface area contributed by atoms with Gasteiger partial charge >= 0.3 is 12.1 Å². The van der Waals surface area contributed by atoms with Gasteiger partial charge in [-0.15, -0.1) is 0 Å². The molecule has 0 aliphatic rings. The molecule has 0 aliphatic carbocycles. The van der Waals surface area contributed by atoms with Gasteiger partial charge in [0.1, 0.15) is 0 Å². The minimum absolute atomic E-state index is 0.136. The van der Waals surface area contributed by atoms with Gasteiger partial charge in [-0.2, -0.15) is 8.42 Å². The Morgan fingerprint density at radius 2 is 1.74 bits per heavy atom. The number of amides is 1. The summed E-state index contributed by atoms with van der Waals surface area (Å²) in [6.45, 7) is 5.87. The maximum atomic E-state index is 12.7. The van der Waals surface area contributed by atoms with Gasteiger partial charge in [0.15, 0.2) is 6.10 Å². The van der Waals surface area contributed by atoms with Crippen LogP contribution in [0.4, 0.5) is 4.79 Å². The monoisotopic (exact) mass is 517 g/mol. The van der Waals surface area contributed by atoms with Crippen LogP contribution in [-0.2, 0) is 38.1 Å². The summed E-state index contributed by atoms with van der Waals surface area (Å²) < 4.78 is 44.5. The summed E-state index contributed by atoms with van der Waals surface area (Å²) in [6.07, 6.45) is -2.75. The summed E-state index contributed by atoms with van der Waals surface area (Å²) in [6, 6.07) is 8.13. The van der Waals surface area contributed by atoms with E-state index in [0.717, 1.165) is 6.42 Å². The van der Waals surface area contributed by atoms with Crippen molar-refractivity contribution in [3.05, 3.63) is 35.9 Å². The lowest BCUT2D eigenvalue weighted by molar-refractivity contribution is -0.189. The summed E-state index contributed by atoms with van der Waals surface area (Å²) in [7, 11) is -3.97. The molecule has 0 saturated carbocycles. The van der Waals surface area contributed by atoms with Crippen molar-refractivity contribution in [1.82, 2.24) is 5.32 Å². The van der Waals surface area contributed by atoms with Crippen LogP contribution in [0.2, 0.25) is 0 Å². The Bertz CT molecular complexity index is 917. The lowest BCUT2D eigenvalue weighted by Gasteiger charge is -2.29. The number of benzene rings is 1. The highest BCUT2D eigenvalue weighted by Crippen LogP contribution is 2.27. The number of aliphatic hydroxyl groups is 1. The third-order valence-electron chi connectivity index (χ3n) is 4.74. The molecule has 0 fully saturated rings. The molecule has 0 aliphatic heterocycles. The fourth-order valence-electron chi connectivity index (χ4n) is 2.57. The van der Waals surface area contributed by atoms with E-state index in [1.54, 1.807) is 30.3 Å². The first-order chi connectivity index (χ1) is 16.4. The first-order valence-corrected chi connectivity index (χ1v) is 12.8. The Morgan fingerprint density at radius 3 is 2.34 bits per heavy atom. The second-order valence-electron chi connectivity index (χ2n) is 8.50. The highest BCUT2D eigenvalue weighted by Gasteiger charge is 2.38. The zero-order valence-electron chi connectivity index (χ0n) is 20.5. The van der Waals surface area contributed by atoms with Crippen LogP contribution in [0.15, 0.2) is 30.3 Å². The van der Waals surface area contributed by atoms with E-state index in [-0.39, 0.29) is 31.2 Å². The molecule has 1 rings (SSSR count). The quantitative estimate of drug-likeness (QED) is 0.153. The number of unbranched alkanes of at least 4 members (excludes halogenated alkanes) is 1. The van der Waals surface area contributed by atoms with Gasteiger partial charge < -0.3 is 24.6 Å². The second-order valence-corrected chi connectivity index (χ2v) is 10.3. The van der Waals surface area contributed by atoms with Gasteiger partial charge in [-0.1, -0.05) is 57.5 Å². The van der Waals surface area contributed by atoms with E-state index in [1.807, 2.05) is 6.92 Å². The molecule has 0 aromatic heterocycles. The van der Waals surface area contributed by atoms with E-state index < -0.39 is 46.7 Å². The van der Waals surface area contributed by atoms with Gasteiger partial charge in [-0.25, -0.2) is 9.59 Å². The van der Waals surface area contributed by atoms with E-state index in [0.29, 0.717) is 12.0 Å². The maximum absolute atomic E-state index is 12.7. The minimum Gasteiger partial charge on any atom is -0.434 e. The molecule has 11 nitrogen and oxygen atoms in total. The zero-order chi connectivity index (χ0) is 26.5. The Morgan fingerprint density at radius 1 is 1.09 bits per heavy atom. The molecule has 1 aromatic carbocycles. The third kappa shape index (κ3) is 12.0. The van der Waals surface area contributed by atoms with Gasteiger partial charge in [0.2, 0.25) is 5.91 Å². The van der Waals surface area contributed by atoms with Gasteiger partial charge in [-0.05, 0) is 12.8 Å². The zero-order valence-corrected chi connectivity index (χ0v) is 21.3. The topological polar surface area (TPSA) is 155 Å². The number of carbonyl (C=O) groups is 3. The van der Waals surface area contributed by atoms with Gasteiger partial charge in [0.05, 0.1) is 19.0 Å². The van der Waals surface area contributed by atoms with Crippen molar-refractivity contribution in [2.45, 2.75) is 59.4 Å². The Kier molecular flexibility index (Phi) is 12.7. The van der Waals surface area contributed by atoms with Crippen LogP contribution >= 0.6 is 0 Å². The first kappa shape index (κ1) is 30.3. The molecule has 198 valence electrons. The summed E-state index contributed by atoms with van der Waals surface area (Å²) in [5.74, 6) is -1.77. The molecule has 12 heteroatoms. The fraction of sp³-hybridized carbons (Fsp3) is 0.609. The minimum atomic E-state index is -3.97. The number of nitrogens with one attached hydrogen (secondary N) is 1. The standard InChI is InChI=1S/C23H35NO10S/c1-5-6-14-31-22(28)34-21(18-11-8-7-9-12-18)33-20(27)19(26)23(3,4)16-32-35(29,30)15-10-13-24-17(2)25/h7-9,11-12,19,21,26H,5-6,10,13-16H2,1-4H3,(H,24,25)/t19-,21?/m0/s1. The number of aliphatic hydroxyl groups excluding tert-OH is 1. The number of esters is 1.